The summed E-state index contributed by atoms with van der Waals surface area (Å²) >= 11 is 9.30. The summed E-state index contributed by atoms with van der Waals surface area (Å²) in [5.74, 6) is 0.194. The van der Waals surface area contributed by atoms with Crippen molar-refractivity contribution in [3.8, 4) is 5.75 Å². The molecule has 0 saturated heterocycles. The number of methoxy groups -OCH3 is 1. The molecular formula is C16H10BrClN2O3. The van der Waals surface area contributed by atoms with Crippen LogP contribution in [0.5, 0.6) is 5.75 Å². The van der Waals surface area contributed by atoms with Crippen molar-refractivity contribution in [2.75, 3.05) is 7.11 Å². The van der Waals surface area contributed by atoms with Crippen molar-refractivity contribution in [2.45, 2.75) is 0 Å². The highest BCUT2D eigenvalue weighted by Crippen LogP contribution is 2.27. The molecule has 0 unspecified atom stereocenters. The normalized spacial score (nSPS) is 15.5. The monoisotopic (exact) mass is 392 g/mol. The number of aliphatic imine (C=N–C) groups is 1. The Morgan fingerprint density at radius 2 is 2.13 bits per heavy atom. The third-order valence-corrected chi connectivity index (χ3v) is 3.77. The van der Waals surface area contributed by atoms with Crippen LogP contribution in [0.25, 0.3) is 6.08 Å². The molecule has 23 heavy (non-hydrogen) atoms. The van der Waals surface area contributed by atoms with E-state index >= 15 is 0 Å². The number of nitrogens with zero attached hydrogens (tertiary/aromatic N) is 2. The SMILES string of the molecule is COc1ccc(Br)cc1/C=C1\N=C(c2cc(Cl)ccn2)OC1=O. The largest absolute Gasteiger partial charge is 0.496 e. The Morgan fingerprint density at radius 1 is 1.30 bits per heavy atom. The van der Waals surface area contributed by atoms with Gasteiger partial charge < -0.3 is 9.47 Å². The number of halogens is 2. The number of carbonyl (C=O) groups excluding carboxylic acids is 1. The lowest BCUT2D eigenvalue weighted by Crippen LogP contribution is -2.07. The van der Waals surface area contributed by atoms with Crippen molar-refractivity contribution in [2.24, 2.45) is 4.99 Å². The van der Waals surface area contributed by atoms with E-state index < -0.39 is 5.97 Å². The second-order valence-corrected chi connectivity index (χ2v) is 5.93. The average Bonchev–Trinajstić information content (AvgIpc) is 2.89. The van der Waals surface area contributed by atoms with Crippen molar-refractivity contribution in [3.63, 3.8) is 0 Å². The van der Waals surface area contributed by atoms with Crippen LogP contribution < -0.4 is 4.74 Å². The predicted molar refractivity (Wildman–Crippen MR) is 90.5 cm³/mol. The Balaban J connectivity index is 2.00. The fraction of sp³-hybridized carbons (Fsp3) is 0.0625. The van der Waals surface area contributed by atoms with Crippen molar-refractivity contribution >= 4 is 45.5 Å². The van der Waals surface area contributed by atoms with Gasteiger partial charge in [-0.1, -0.05) is 27.5 Å². The molecule has 0 atom stereocenters. The summed E-state index contributed by atoms with van der Waals surface area (Å²) in [6.45, 7) is 0. The molecular weight excluding hydrogens is 384 g/mol. The van der Waals surface area contributed by atoms with E-state index in [1.54, 1.807) is 31.4 Å². The molecule has 0 spiro atoms. The van der Waals surface area contributed by atoms with E-state index in [-0.39, 0.29) is 11.6 Å². The number of hydrogen-bond acceptors (Lipinski definition) is 5. The number of benzene rings is 1. The highest BCUT2D eigenvalue weighted by atomic mass is 79.9. The highest BCUT2D eigenvalue weighted by molar-refractivity contribution is 9.10. The summed E-state index contributed by atoms with van der Waals surface area (Å²) in [5.41, 5.74) is 1.27. The zero-order valence-corrected chi connectivity index (χ0v) is 14.3. The lowest BCUT2D eigenvalue weighted by Gasteiger charge is -2.04. The number of pyridine rings is 1. The Hall–Kier alpha value is -2.18. The molecule has 1 aliphatic rings. The van der Waals surface area contributed by atoms with Crippen LogP contribution in [0.4, 0.5) is 0 Å². The molecule has 116 valence electrons. The summed E-state index contributed by atoms with van der Waals surface area (Å²) in [7, 11) is 1.56. The van der Waals surface area contributed by atoms with Gasteiger partial charge in [0.15, 0.2) is 5.70 Å². The van der Waals surface area contributed by atoms with Crippen LogP contribution in [0.3, 0.4) is 0 Å². The van der Waals surface area contributed by atoms with Gasteiger partial charge >= 0.3 is 5.97 Å². The third-order valence-electron chi connectivity index (χ3n) is 3.05. The molecule has 0 aliphatic carbocycles. The number of ether oxygens (including phenoxy) is 2. The maximum absolute atomic E-state index is 12.0. The molecule has 0 saturated carbocycles. The zero-order chi connectivity index (χ0) is 16.4. The summed E-state index contributed by atoms with van der Waals surface area (Å²) < 4.78 is 11.3. The van der Waals surface area contributed by atoms with Crippen molar-refractivity contribution in [1.82, 2.24) is 4.98 Å². The number of hydrogen-bond donors (Lipinski definition) is 0. The van der Waals surface area contributed by atoms with Gasteiger partial charge in [0, 0.05) is 21.3 Å². The first-order valence-corrected chi connectivity index (χ1v) is 7.72. The molecule has 1 aromatic heterocycles. The molecule has 7 heteroatoms. The number of cyclic esters (lactones) is 1. The quantitative estimate of drug-likeness (QED) is 0.587. The molecule has 3 rings (SSSR count). The van der Waals surface area contributed by atoms with E-state index in [9.17, 15) is 4.79 Å². The van der Waals surface area contributed by atoms with E-state index in [0.717, 1.165) is 4.47 Å². The van der Waals surface area contributed by atoms with Crippen LogP contribution in [-0.2, 0) is 9.53 Å². The van der Waals surface area contributed by atoms with Crippen LogP contribution in [0.2, 0.25) is 5.02 Å². The Labute approximate surface area is 145 Å². The Morgan fingerprint density at radius 3 is 2.87 bits per heavy atom. The van der Waals surface area contributed by atoms with Crippen LogP contribution >= 0.6 is 27.5 Å². The second-order valence-electron chi connectivity index (χ2n) is 4.58. The topological polar surface area (TPSA) is 60.8 Å². The maximum Gasteiger partial charge on any atom is 0.363 e. The molecule has 0 bridgehead atoms. The van der Waals surface area contributed by atoms with E-state index in [1.165, 1.54) is 6.20 Å². The molecule has 2 aromatic rings. The molecule has 0 N–H and O–H groups in total. The van der Waals surface area contributed by atoms with Gasteiger partial charge in [-0.15, -0.1) is 0 Å². The molecule has 0 radical (unpaired) electrons. The van der Waals surface area contributed by atoms with E-state index in [1.807, 2.05) is 12.1 Å². The summed E-state index contributed by atoms with van der Waals surface area (Å²) in [6, 6.07) is 8.67. The van der Waals surface area contributed by atoms with Gasteiger partial charge in [-0.05, 0) is 36.4 Å². The minimum absolute atomic E-state index is 0.123. The van der Waals surface area contributed by atoms with Gasteiger partial charge in [0.05, 0.1) is 7.11 Å². The number of carbonyl (C=O) groups is 1. The smallest absolute Gasteiger partial charge is 0.363 e. The summed E-state index contributed by atoms with van der Waals surface area (Å²) in [4.78, 5) is 20.3. The van der Waals surface area contributed by atoms with Gasteiger partial charge in [-0.2, -0.15) is 0 Å². The minimum Gasteiger partial charge on any atom is -0.496 e. The van der Waals surface area contributed by atoms with Crippen molar-refractivity contribution < 1.29 is 14.3 Å². The molecule has 5 nitrogen and oxygen atoms in total. The van der Waals surface area contributed by atoms with Gasteiger partial charge in [-0.3, -0.25) is 4.98 Å². The lowest BCUT2D eigenvalue weighted by molar-refractivity contribution is -0.129. The van der Waals surface area contributed by atoms with Gasteiger partial charge in [0.2, 0.25) is 5.90 Å². The van der Waals surface area contributed by atoms with Crippen LogP contribution in [-0.4, -0.2) is 24.0 Å². The van der Waals surface area contributed by atoms with E-state index in [0.29, 0.717) is 22.0 Å². The summed E-state index contributed by atoms with van der Waals surface area (Å²) in [5, 5.41) is 0.486. The van der Waals surface area contributed by atoms with Crippen LogP contribution in [0, 0.1) is 0 Å². The Kier molecular flexibility index (Phi) is 4.45. The first kappa shape index (κ1) is 15.7. The second kappa shape index (κ2) is 6.52. The molecule has 1 aliphatic heterocycles. The molecule has 0 fully saturated rings. The average molecular weight is 394 g/mol. The number of aromatic nitrogens is 1. The van der Waals surface area contributed by atoms with Crippen LogP contribution in [0.15, 0.2) is 51.7 Å². The third kappa shape index (κ3) is 3.43. The first-order valence-electron chi connectivity index (χ1n) is 6.55. The van der Waals surface area contributed by atoms with E-state index in [2.05, 4.69) is 25.9 Å². The van der Waals surface area contributed by atoms with Crippen LogP contribution in [0.1, 0.15) is 11.3 Å². The zero-order valence-electron chi connectivity index (χ0n) is 11.9. The minimum atomic E-state index is -0.552. The number of rotatable bonds is 3. The fourth-order valence-electron chi connectivity index (χ4n) is 2.01. The number of esters is 1. The molecule has 0 amide bonds. The van der Waals surface area contributed by atoms with Crippen molar-refractivity contribution in [3.05, 3.63) is 63.0 Å². The highest BCUT2D eigenvalue weighted by Gasteiger charge is 2.25. The fourth-order valence-corrected chi connectivity index (χ4v) is 2.54. The molecule has 2 heterocycles. The van der Waals surface area contributed by atoms with E-state index in [4.69, 9.17) is 21.1 Å². The van der Waals surface area contributed by atoms with Gasteiger partial charge in [-0.25, -0.2) is 9.79 Å². The molecule has 1 aromatic carbocycles. The standard InChI is InChI=1S/C16H10BrClN2O3/c1-22-14-3-2-10(17)6-9(14)7-13-16(21)23-15(20-13)12-8-11(18)4-5-19-12/h2-8H,1H3/b13-7-. The maximum atomic E-state index is 12.0. The Bertz CT molecular complexity index is 849. The lowest BCUT2D eigenvalue weighted by atomic mass is 10.1. The van der Waals surface area contributed by atoms with Gasteiger partial charge in [0.25, 0.3) is 0 Å². The predicted octanol–water partition coefficient (Wildman–Crippen LogP) is 3.85. The summed E-state index contributed by atoms with van der Waals surface area (Å²) in [6.07, 6.45) is 3.12. The van der Waals surface area contributed by atoms with Gasteiger partial charge in [0.1, 0.15) is 11.4 Å². The van der Waals surface area contributed by atoms with Crippen molar-refractivity contribution in [1.29, 1.82) is 0 Å². The first-order chi connectivity index (χ1) is 11.1.